The van der Waals surface area contributed by atoms with Crippen LogP contribution in [-0.2, 0) is 13.0 Å². The summed E-state index contributed by atoms with van der Waals surface area (Å²) in [4.78, 5) is 12.4. The third-order valence-corrected chi connectivity index (χ3v) is 5.06. The molecule has 0 saturated carbocycles. The van der Waals surface area contributed by atoms with Crippen molar-refractivity contribution in [3.05, 3.63) is 95.3 Å². The minimum absolute atomic E-state index is 0.112. The van der Waals surface area contributed by atoms with Crippen molar-refractivity contribution in [2.75, 3.05) is 12.3 Å². The second kappa shape index (κ2) is 10.4. The number of nitrogens with two attached hydrogens (primary N) is 1. The minimum atomic E-state index is -0.358. The molecule has 4 aromatic rings. The number of nitriles is 1. The maximum Gasteiger partial charge on any atom is 0.286 e. The number of aryl methyl sites for hydroxylation is 1. The number of halogens is 1. The lowest BCUT2D eigenvalue weighted by molar-refractivity contribution is 0.0921. The van der Waals surface area contributed by atoms with Gasteiger partial charge in [-0.15, -0.1) is 0 Å². The summed E-state index contributed by atoms with van der Waals surface area (Å²) in [6.07, 6.45) is 1.04. The van der Waals surface area contributed by atoms with Crippen LogP contribution in [0.25, 0.3) is 5.69 Å². The van der Waals surface area contributed by atoms with Gasteiger partial charge in [0.1, 0.15) is 41.4 Å². The predicted octanol–water partition coefficient (Wildman–Crippen LogP) is 4.00. The summed E-state index contributed by atoms with van der Waals surface area (Å²) >= 11 is 0. The van der Waals surface area contributed by atoms with Gasteiger partial charge in [0.15, 0.2) is 5.76 Å². The molecule has 0 unspecified atom stereocenters. The number of para-hydroxylation sites is 1. The van der Waals surface area contributed by atoms with Crippen molar-refractivity contribution in [2.24, 2.45) is 0 Å². The molecule has 4 rings (SSSR count). The molecule has 172 valence electrons. The second-order valence-corrected chi connectivity index (χ2v) is 7.43. The molecule has 34 heavy (non-hydrogen) atoms. The highest BCUT2D eigenvalue weighted by Crippen LogP contribution is 2.21. The highest BCUT2D eigenvalue weighted by Gasteiger charge is 2.17. The van der Waals surface area contributed by atoms with Gasteiger partial charge in [-0.1, -0.05) is 18.2 Å². The number of nitrogen functional groups attached to an aromatic ring is 1. The second-order valence-electron chi connectivity index (χ2n) is 7.43. The number of hydrogen-bond acceptors (Lipinski definition) is 6. The third-order valence-electron chi connectivity index (χ3n) is 5.06. The average molecular weight is 459 g/mol. The molecule has 0 saturated heterocycles. The highest BCUT2D eigenvalue weighted by molar-refractivity contribution is 5.91. The maximum absolute atomic E-state index is 13.0. The van der Waals surface area contributed by atoms with E-state index in [9.17, 15) is 14.4 Å². The van der Waals surface area contributed by atoms with E-state index in [1.807, 2.05) is 30.3 Å². The third kappa shape index (κ3) is 5.24. The number of amides is 1. The lowest BCUT2D eigenvalue weighted by atomic mass is 10.1. The van der Waals surface area contributed by atoms with E-state index in [0.717, 1.165) is 5.69 Å². The van der Waals surface area contributed by atoms with Crippen molar-refractivity contribution in [1.29, 1.82) is 5.26 Å². The molecule has 0 atom stereocenters. The monoisotopic (exact) mass is 459 g/mol. The molecule has 2 aromatic heterocycles. The summed E-state index contributed by atoms with van der Waals surface area (Å²) in [6.45, 7) is 0.477. The topological polar surface area (TPSA) is 119 Å². The fourth-order valence-corrected chi connectivity index (χ4v) is 3.35. The van der Waals surface area contributed by atoms with Gasteiger partial charge < -0.3 is 20.2 Å². The number of nitrogens with one attached hydrogen (secondary N) is 1. The van der Waals surface area contributed by atoms with E-state index in [1.54, 1.807) is 16.8 Å². The van der Waals surface area contributed by atoms with E-state index in [-0.39, 0.29) is 24.1 Å². The fraction of sp³-hybridized carbons (Fsp3) is 0.160. The summed E-state index contributed by atoms with van der Waals surface area (Å²) in [7, 11) is 0. The smallest absolute Gasteiger partial charge is 0.286 e. The summed E-state index contributed by atoms with van der Waals surface area (Å²) in [6, 6.07) is 20.3. The zero-order chi connectivity index (χ0) is 23.9. The van der Waals surface area contributed by atoms with Crippen molar-refractivity contribution in [1.82, 2.24) is 15.1 Å². The van der Waals surface area contributed by atoms with Gasteiger partial charge in [0, 0.05) is 6.54 Å². The van der Waals surface area contributed by atoms with Gasteiger partial charge in [-0.2, -0.15) is 10.4 Å². The van der Waals surface area contributed by atoms with Crippen LogP contribution in [0.1, 0.15) is 34.0 Å². The lowest BCUT2D eigenvalue weighted by Gasteiger charge is -2.04. The number of nitrogens with zero attached hydrogens (tertiary/aromatic N) is 3. The number of carbonyl (C=O) groups excluding carboxylic acids is 1. The van der Waals surface area contributed by atoms with Crippen LogP contribution < -0.4 is 15.8 Å². The van der Waals surface area contributed by atoms with Gasteiger partial charge >= 0.3 is 0 Å². The molecule has 0 aliphatic heterocycles. The molecule has 0 bridgehead atoms. The zero-order valence-electron chi connectivity index (χ0n) is 18.2. The average Bonchev–Trinajstić information content (AvgIpc) is 3.46. The van der Waals surface area contributed by atoms with E-state index in [1.165, 1.54) is 24.3 Å². The predicted molar refractivity (Wildman–Crippen MR) is 123 cm³/mol. The first-order chi connectivity index (χ1) is 16.5. The molecule has 0 radical (unpaired) electrons. The van der Waals surface area contributed by atoms with Crippen LogP contribution in [-0.4, -0.2) is 22.2 Å². The molecular weight excluding hydrogens is 437 g/mol. The summed E-state index contributed by atoms with van der Waals surface area (Å²) < 4.78 is 25.5. The minimum Gasteiger partial charge on any atom is -0.486 e. The van der Waals surface area contributed by atoms with Gasteiger partial charge in [0.05, 0.1) is 11.4 Å². The molecule has 3 N–H and O–H groups in total. The van der Waals surface area contributed by atoms with E-state index < -0.39 is 0 Å². The molecule has 0 spiro atoms. The zero-order valence-corrected chi connectivity index (χ0v) is 18.2. The Hall–Kier alpha value is -4.58. The molecule has 2 aromatic carbocycles. The molecule has 9 heteroatoms. The number of carbonyl (C=O) groups is 1. The van der Waals surface area contributed by atoms with Gasteiger partial charge in [-0.3, -0.25) is 4.79 Å². The number of rotatable bonds is 9. The first-order valence-corrected chi connectivity index (χ1v) is 10.6. The molecule has 1 amide bonds. The van der Waals surface area contributed by atoms with Crippen molar-refractivity contribution in [2.45, 2.75) is 19.4 Å². The van der Waals surface area contributed by atoms with E-state index in [0.29, 0.717) is 48.0 Å². The normalized spacial score (nSPS) is 10.6. The first kappa shape index (κ1) is 22.6. The molecule has 0 fully saturated rings. The van der Waals surface area contributed by atoms with Gasteiger partial charge in [-0.05, 0) is 61.4 Å². The summed E-state index contributed by atoms with van der Waals surface area (Å²) in [5.41, 5.74) is 7.81. The Bertz CT molecular complexity index is 1310. The highest BCUT2D eigenvalue weighted by atomic mass is 19.1. The Morgan fingerprint density at radius 2 is 1.91 bits per heavy atom. The number of furan rings is 1. The van der Waals surface area contributed by atoms with Crippen LogP contribution in [0, 0.1) is 17.1 Å². The lowest BCUT2D eigenvalue weighted by Crippen LogP contribution is -2.24. The Labute approximate surface area is 195 Å². The van der Waals surface area contributed by atoms with Gasteiger partial charge in [-0.25, -0.2) is 9.07 Å². The Kier molecular flexibility index (Phi) is 6.89. The quantitative estimate of drug-likeness (QED) is 0.365. The first-order valence-electron chi connectivity index (χ1n) is 10.6. The Morgan fingerprint density at radius 3 is 2.65 bits per heavy atom. The van der Waals surface area contributed by atoms with Crippen molar-refractivity contribution < 1.29 is 18.3 Å². The Balaban J connectivity index is 1.28. The van der Waals surface area contributed by atoms with Crippen LogP contribution in [0.5, 0.6) is 5.75 Å². The number of ether oxygens (including phenoxy) is 1. The molecule has 8 nitrogen and oxygen atoms in total. The molecule has 2 heterocycles. The Morgan fingerprint density at radius 1 is 1.15 bits per heavy atom. The van der Waals surface area contributed by atoms with Crippen LogP contribution in [0.4, 0.5) is 10.2 Å². The van der Waals surface area contributed by atoms with Crippen molar-refractivity contribution >= 4 is 11.7 Å². The van der Waals surface area contributed by atoms with E-state index >= 15 is 0 Å². The summed E-state index contributed by atoms with van der Waals surface area (Å²) in [5, 5.41) is 16.8. The number of hydrogen-bond donors (Lipinski definition) is 2. The standard InChI is InChI=1S/C25H22FN5O3/c26-17-8-10-19(11-9-17)33-16-20-12-13-23(34-20)25(32)29-14-4-7-22-21(15-27)24(28)31(30-22)18-5-2-1-3-6-18/h1-3,5-6,8-13H,4,7,14,16,28H2,(H,29,32). The van der Waals surface area contributed by atoms with Crippen molar-refractivity contribution in [3.8, 4) is 17.5 Å². The van der Waals surface area contributed by atoms with Crippen LogP contribution >= 0.6 is 0 Å². The molecule has 0 aliphatic carbocycles. The van der Waals surface area contributed by atoms with Crippen LogP contribution in [0.2, 0.25) is 0 Å². The largest absolute Gasteiger partial charge is 0.486 e. The van der Waals surface area contributed by atoms with E-state index in [2.05, 4.69) is 16.5 Å². The number of anilines is 1. The van der Waals surface area contributed by atoms with Crippen LogP contribution in [0.3, 0.4) is 0 Å². The number of aromatic nitrogens is 2. The molecular formula is C25H22FN5O3. The fourth-order valence-electron chi connectivity index (χ4n) is 3.35. The molecule has 0 aliphatic rings. The van der Waals surface area contributed by atoms with Crippen molar-refractivity contribution in [3.63, 3.8) is 0 Å². The SMILES string of the molecule is N#Cc1c(CCCNC(=O)c2ccc(COc3ccc(F)cc3)o2)nn(-c2ccccc2)c1N. The summed E-state index contributed by atoms with van der Waals surface area (Å²) in [5.74, 6) is 0.710. The van der Waals surface area contributed by atoms with Gasteiger partial charge in [0.25, 0.3) is 5.91 Å². The van der Waals surface area contributed by atoms with Gasteiger partial charge in [0.2, 0.25) is 0 Å². The van der Waals surface area contributed by atoms with Crippen LogP contribution in [0.15, 0.2) is 71.1 Å². The number of benzene rings is 2. The maximum atomic E-state index is 13.0. The van der Waals surface area contributed by atoms with E-state index in [4.69, 9.17) is 14.9 Å².